The molecule has 0 atom stereocenters. The quantitative estimate of drug-likeness (QED) is 0.0510. The molecule has 0 spiro atoms. The van der Waals surface area contributed by atoms with Crippen molar-refractivity contribution in [3.05, 3.63) is 521 Å². The number of rotatable bonds is 27. The van der Waals surface area contributed by atoms with Crippen molar-refractivity contribution in [1.29, 1.82) is 0 Å². The molecule has 5 nitrogen and oxygen atoms in total. The molecule has 0 unspecified atom stereocenters. The van der Waals surface area contributed by atoms with Crippen molar-refractivity contribution in [2.45, 2.75) is 85.0 Å². The minimum atomic E-state index is 0.808. The summed E-state index contributed by atoms with van der Waals surface area (Å²) in [6.45, 7) is 9.26. The van der Waals surface area contributed by atoms with E-state index in [-0.39, 0.29) is 0 Å². The first kappa shape index (κ1) is 77.6. The largest absolute Gasteiger partial charge is 0.497 e. The summed E-state index contributed by atoms with van der Waals surface area (Å²) in [5.74, 6) is 0.878. The lowest BCUT2D eigenvalue weighted by Crippen LogP contribution is -2.18. The summed E-state index contributed by atoms with van der Waals surface area (Å²) in [5.41, 5.74) is 24.9. The number of nitrogens with zero attached hydrogens (tertiary/aromatic N) is 4. The van der Waals surface area contributed by atoms with Crippen LogP contribution >= 0.6 is 0 Å². The van der Waals surface area contributed by atoms with Gasteiger partial charge in [-0.05, 0) is 132 Å². The van der Waals surface area contributed by atoms with Gasteiger partial charge in [-0.1, -0.05) is 407 Å². The molecule has 0 radical (unpaired) electrons. The molecule has 0 N–H and O–H groups in total. The summed E-state index contributed by atoms with van der Waals surface area (Å²) in [6, 6.07) is 145. The van der Waals surface area contributed by atoms with Crippen LogP contribution in [0.15, 0.2) is 437 Å². The predicted molar refractivity (Wildman–Crippen MR) is 467 cm³/mol. The third kappa shape index (κ3) is 25.3. The van der Waals surface area contributed by atoms with E-state index >= 15 is 0 Å². The molecule has 0 saturated carbocycles. The number of benzene rings is 14. The maximum absolute atomic E-state index is 5.32. The van der Waals surface area contributed by atoms with Crippen LogP contribution in [0.2, 0.25) is 0 Å². The van der Waals surface area contributed by atoms with E-state index in [4.69, 9.17) is 4.74 Å². The highest BCUT2D eigenvalue weighted by Crippen LogP contribution is 2.33. The number of allylic oxidation sites excluding steroid dienone is 2. The molecule has 0 heterocycles. The third-order valence-corrected chi connectivity index (χ3v) is 19.6. The molecular weight excluding hydrogens is 1350 g/mol. The fraction of sp³-hybridized carbons (Fsp3) is 0.132. The summed E-state index contributed by atoms with van der Waals surface area (Å²) in [5, 5.41) is 0. The van der Waals surface area contributed by atoms with Gasteiger partial charge in [0.1, 0.15) is 5.75 Å². The second-order valence-corrected chi connectivity index (χ2v) is 28.0. The third-order valence-electron chi connectivity index (χ3n) is 19.6. The Kier molecular flexibility index (Phi) is 30.2. The zero-order valence-corrected chi connectivity index (χ0v) is 64.3. The Morgan fingerprint density at radius 3 is 0.811 bits per heavy atom. The van der Waals surface area contributed by atoms with Gasteiger partial charge in [0.15, 0.2) is 0 Å². The number of aryl methyl sites for hydroxylation is 1. The molecule has 1 aliphatic carbocycles. The van der Waals surface area contributed by atoms with Crippen LogP contribution in [0.3, 0.4) is 0 Å². The normalized spacial score (nSPS) is 11.6. The minimum absolute atomic E-state index is 0.808. The Labute approximate surface area is 661 Å². The molecule has 552 valence electrons. The Bertz CT molecular complexity index is 4840. The molecule has 1 aliphatic rings. The molecular formula is C106H102N4O. The Balaban J connectivity index is 0.000000138. The smallest absolute Gasteiger partial charge is 0.118 e. The van der Waals surface area contributed by atoms with Crippen molar-refractivity contribution in [2.75, 3.05) is 7.11 Å². The topological polar surface area (TPSA) is 22.2 Å². The maximum Gasteiger partial charge on any atom is 0.118 e. The maximum atomic E-state index is 5.32. The van der Waals surface area contributed by atoms with Crippen molar-refractivity contribution >= 4 is 22.3 Å². The summed E-state index contributed by atoms with van der Waals surface area (Å²) >= 11 is 0. The van der Waals surface area contributed by atoms with E-state index in [0.29, 0.717) is 0 Å². The SMILES string of the molecule is C(=C(c1ccccc1)c1ccccc1)N(Cc1ccccc1)Cc1ccccc1.C(=C1/CCCc2ccccc21)/N(Cc1ccccc1)Cc1ccccc1.CC/C(=C\N(Cc1ccccc1)Cc1ccccc1)c1ccccc1.COc1ccc(CN(C=C(c2ccccc2)c2ccccc2)Cc2ccccc2)cc1. The van der Waals surface area contributed by atoms with Gasteiger partial charge < -0.3 is 24.3 Å². The van der Waals surface area contributed by atoms with Crippen LogP contribution in [0.5, 0.6) is 5.75 Å². The number of hydrogen-bond donors (Lipinski definition) is 0. The highest BCUT2D eigenvalue weighted by molar-refractivity contribution is 5.80. The van der Waals surface area contributed by atoms with Crippen molar-refractivity contribution in [1.82, 2.24) is 19.6 Å². The first-order chi connectivity index (χ1) is 54.9. The molecule has 14 aromatic rings. The molecule has 15 rings (SSSR count). The van der Waals surface area contributed by atoms with Crippen LogP contribution in [0.1, 0.15) is 110 Å². The average molecular weight is 1450 g/mol. The average Bonchev–Trinajstić information content (AvgIpc) is 0.787. The molecule has 111 heavy (non-hydrogen) atoms. The van der Waals surface area contributed by atoms with Gasteiger partial charge in [-0.25, -0.2) is 0 Å². The van der Waals surface area contributed by atoms with E-state index in [0.717, 1.165) is 70.9 Å². The lowest BCUT2D eigenvalue weighted by atomic mass is 9.88. The zero-order chi connectivity index (χ0) is 76.0. The molecule has 14 aromatic carbocycles. The monoisotopic (exact) mass is 1450 g/mol. The van der Waals surface area contributed by atoms with E-state index in [2.05, 4.69) is 452 Å². The summed E-state index contributed by atoms with van der Waals surface area (Å²) in [4.78, 5) is 9.66. The zero-order valence-electron chi connectivity index (χ0n) is 64.3. The fourth-order valence-electron chi connectivity index (χ4n) is 14.0. The number of fused-ring (bicyclic) bond motifs is 1. The van der Waals surface area contributed by atoms with Crippen molar-refractivity contribution < 1.29 is 4.74 Å². The molecule has 0 aromatic heterocycles. The number of ether oxygens (including phenoxy) is 1. The Morgan fingerprint density at radius 1 is 0.261 bits per heavy atom. The second-order valence-electron chi connectivity index (χ2n) is 28.0. The van der Waals surface area contributed by atoms with Gasteiger partial charge in [0.2, 0.25) is 0 Å². The van der Waals surface area contributed by atoms with Gasteiger partial charge in [-0.2, -0.15) is 0 Å². The van der Waals surface area contributed by atoms with Gasteiger partial charge in [0.05, 0.1) is 7.11 Å². The second kappa shape index (κ2) is 43.1. The van der Waals surface area contributed by atoms with Crippen LogP contribution in [-0.2, 0) is 58.8 Å². The first-order valence-electron chi connectivity index (χ1n) is 39.0. The van der Waals surface area contributed by atoms with Gasteiger partial charge in [0.25, 0.3) is 0 Å². The van der Waals surface area contributed by atoms with E-state index in [1.807, 2.05) is 12.1 Å². The lowest BCUT2D eigenvalue weighted by Gasteiger charge is -2.25. The Hall–Kier alpha value is -13.0. The van der Waals surface area contributed by atoms with Gasteiger partial charge in [-0.15, -0.1) is 0 Å². The molecule has 0 amide bonds. The predicted octanol–water partition coefficient (Wildman–Crippen LogP) is 25.8. The molecule has 0 saturated heterocycles. The highest BCUT2D eigenvalue weighted by atomic mass is 16.5. The molecule has 0 bridgehead atoms. The highest BCUT2D eigenvalue weighted by Gasteiger charge is 2.17. The van der Waals surface area contributed by atoms with Gasteiger partial charge in [0, 0.05) is 88.3 Å². The fourth-order valence-corrected chi connectivity index (χ4v) is 14.0. The van der Waals surface area contributed by atoms with Gasteiger partial charge in [-0.3, -0.25) is 0 Å². The standard InChI is InChI=1S/C29H27NO.C28H25N.C25H25N.C24H25N/c1-31-28-19-17-25(18-20-28)22-30(21-24-11-5-2-6-12-24)23-29(26-13-7-3-8-14-26)27-15-9-4-10-16-27;1-5-13-24(14-6-1)21-29(22-25-15-7-2-8-16-25)23-28(26-17-9-3-10-18-26)27-19-11-4-12-20-27;1-3-10-21(11-4-1)18-26(19-22-12-5-2-6-13-22)20-24-16-9-15-23-14-7-8-17-25(23)24;1-2-23(24-16-10-5-11-17-24)20-25(18-21-12-6-3-7-13-21)19-22-14-8-4-9-15-22/h2-20,23H,21-22H2,1H3;1-20,23H,21-22H2;1-8,10-14,17,20H,9,15-16,18-19H2;3-17,20H,2,18-19H2,1H3/b;;24-20+;23-20+. The molecule has 0 aliphatic heterocycles. The lowest BCUT2D eigenvalue weighted by molar-refractivity contribution is 0.362. The summed E-state index contributed by atoms with van der Waals surface area (Å²) < 4.78 is 5.32. The van der Waals surface area contributed by atoms with Crippen LogP contribution in [0.4, 0.5) is 0 Å². The van der Waals surface area contributed by atoms with E-state index in [1.54, 1.807) is 7.11 Å². The van der Waals surface area contributed by atoms with Crippen LogP contribution in [0.25, 0.3) is 22.3 Å². The summed E-state index contributed by atoms with van der Waals surface area (Å²) in [6.07, 6.45) is 14.0. The number of methoxy groups -OCH3 is 1. The first-order valence-corrected chi connectivity index (χ1v) is 39.0. The molecule has 5 heteroatoms. The minimum Gasteiger partial charge on any atom is -0.497 e. The van der Waals surface area contributed by atoms with Crippen LogP contribution < -0.4 is 4.74 Å². The Morgan fingerprint density at radius 2 is 0.514 bits per heavy atom. The van der Waals surface area contributed by atoms with E-state index in [9.17, 15) is 0 Å². The van der Waals surface area contributed by atoms with Gasteiger partial charge >= 0.3 is 0 Å². The summed E-state index contributed by atoms with van der Waals surface area (Å²) in [7, 11) is 1.70. The van der Waals surface area contributed by atoms with Crippen LogP contribution in [0, 0.1) is 0 Å². The van der Waals surface area contributed by atoms with Crippen molar-refractivity contribution in [3.8, 4) is 5.75 Å². The van der Waals surface area contributed by atoms with E-state index < -0.39 is 0 Å². The van der Waals surface area contributed by atoms with Crippen molar-refractivity contribution in [3.63, 3.8) is 0 Å². The molecule has 0 fully saturated rings. The van der Waals surface area contributed by atoms with E-state index in [1.165, 1.54) is 119 Å². The number of hydrogen-bond acceptors (Lipinski definition) is 5. The van der Waals surface area contributed by atoms with Crippen LogP contribution in [-0.4, -0.2) is 26.7 Å². The van der Waals surface area contributed by atoms with Crippen molar-refractivity contribution in [2.24, 2.45) is 0 Å².